The average molecular weight is 526 g/mol. The molecule has 5 nitrogen and oxygen atoms in total. The quantitative estimate of drug-likeness (QED) is 0.316. The van der Waals surface area contributed by atoms with Crippen LogP contribution in [0, 0.1) is 35.0 Å². The number of carbonyl (C=O) groups is 1. The number of fused-ring (bicyclic) bond motifs is 6. The van der Waals surface area contributed by atoms with E-state index in [9.17, 15) is 4.79 Å². The fourth-order valence-electron chi connectivity index (χ4n) is 10.2. The molecule has 6 aliphatic rings. The number of carbonyl (C=O) groups excluding carboxylic acids is 1. The molecule has 2 heterocycles. The third-order valence-corrected chi connectivity index (χ3v) is 12.1. The number of nitrogens with zero attached hydrogens (tertiary/aromatic N) is 1. The van der Waals surface area contributed by atoms with Crippen molar-refractivity contribution < 1.29 is 19.0 Å². The number of hydrogen-bond acceptors (Lipinski definition) is 5. The number of hydrogen-bond donors (Lipinski definition) is 0. The van der Waals surface area contributed by atoms with Crippen LogP contribution >= 0.6 is 0 Å². The van der Waals surface area contributed by atoms with E-state index in [1.54, 1.807) is 18.3 Å². The van der Waals surface area contributed by atoms with E-state index in [1.165, 1.54) is 37.7 Å². The van der Waals surface area contributed by atoms with Crippen molar-refractivity contribution in [3.8, 4) is 0 Å². The molecule has 2 saturated carbocycles. The van der Waals surface area contributed by atoms with Crippen molar-refractivity contribution >= 4 is 5.78 Å². The Morgan fingerprint density at radius 1 is 1.13 bits per heavy atom. The maximum Gasteiger partial charge on any atom is 0.155 e. The van der Waals surface area contributed by atoms with Gasteiger partial charge >= 0.3 is 0 Å². The maximum atomic E-state index is 12.2. The lowest BCUT2D eigenvalue weighted by atomic mass is 9.56. The topological polar surface area (TPSA) is 48.0 Å². The third kappa shape index (κ3) is 4.48. The van der Waals surface area contributed by atoms with E-state index >= 15 is 0 Å². The molecule has 0 radical (unpaired) electrons. The normalized spacial score (nSPS) is 44.9. The molecule has 6 rings (SSSR count). The largest absolute Gasteiger partial charge is 0.382 e. The van der Waals surface area contributed by atoms with Gasteiger partial charge < -0.3 is 14.2 Å². The molecule has 38 heavy (non-hydrogen) atoms. The van der Waals surface area contributed by atoms with Crippen LogP contribution in [-0.2, 0) is 19.0 Å². The van der Waals surface area contributed by atoms with Crippen LogP contribution in [0.3, 0.4) is 0 Å². The van der Waals surface area contributed by atoms with Gasteiger partial charge in [-0.25, -0.2) is 0 Å². The van der Waals surface area contributed by atoms with Gasteiger partial charge in [0.1, 0.15) is 0 Å². The number of piperidine rings is 1. The second kappa shape index (κ2) is 10.4. The molecule has 212 valence electrons. The minimum atomic E-state index is -0.0215. The van der Waals surface area contributed by atoms with Gasteiger partial charge in [-0.3, -0.25) is 9.69 Å². The highest BCUT2D eigenvalue weighted by Crippen LogP contribution is 2.64. The van der Waals surface area contributed by atoms with Gasteiger partial charge in [0.2, 0.25) is 0 Å². The van der Waals surface area contributed by atoms with Gasteiger partial charge in [0.15, 0.2) is 5.78 Å². The number of rotatable bonds is 6. The van der Waals surface area contributed by atoms with E-state index in [2.05, 4.69) is 32.6 Å². The fraction of sp³-hybridized carbons (Fsp3) is 0.848. The highest BCUT2D eigenvalue weighted by atomic mass is 16.5. The average Bonchev–Trinajstić information content (AvgIpc) is 3.34. The molecule has 5 heteroatoms. The Balaban J connectivity index is 1.21. The van der Waals surface area contributed by atoms with Crippen LogP contribution in [0.15, 0.2) is 22.8 Å². The molecule has 0 N–H and O–H groups in total. The van der Waals surface area contributed by atoms with Crippen molar-refractivity contribution in [1.82, 2.24) is 4.90 Å². The minimum absolute atomic E-state index is 0.0215. The number of likely N-dealkylation sites (tertiary alicyclic amines) is 1. The van der Waals surface area contributed by atoms with Gasteiger partial charge in [-0.1, -0.05) is 37.5 Å². The highest BCUT2D eigenvalue weighted by Gasteiger charge is 2.59. The summed E-state index contributed by atoms with van der Waals surface area (Å²) in [6.45, 7) is 14.1. The number of methoxy groups -OCH3 is 1. The molecule has 2 saturated heterocycles. The van der Waals surface area contributed by atoms with Gasteiger partial charge in [0.05, 0.1) is 31.5 Å². The first kappa shape index (κ1) is 27.2. The third-order valence-electron chi connectivity index (χ3n) is 12.1. The zero-order valence-corrected chi connectivity index (χ0v) is 24.6. The molecule has 4 fully saturated rings. The zero-order valence-electron chi connectivity index (χ0n) is 24.6. The van der Waals surface area contributed by atoms with E-state index in [1.807, 2.05) is 6.08 Å². The molecule has 2 aliphatic heterocycles. The molecule has 0 aromatic carbocycles. The van der Waals surface area contributed by atoms with Crippen molar-refractivity contribution in [2.75, 3.05) is 40.0 Å². The maximum absolute atomic E-state index is 12.2. The molecular formula is C33H51NO4. The van der Waals surface area contributed by atoms with Gasteiger partial charge in [0, 0.05) is 38.6 Å². The molecule has 4 unspecified atom stereocenters. The molecule has 9 atom stereocenters. The number of allylic oxidation sites excluding steroid dienone is 3. The van der Waals surface area contributed by atoms with Gasteiger partial charge in [-0.05, 0) is 93.5 Å². The Morgan fingerprint density at radius 2 is 1.97 bits per heavy atom. The van der Waals surface area contributed by atoms with Crippen molar-refractivity contribution in [3.63, 3.8) is 0 Å². The molecular weight excluding hydrogens is 474 g/mol. The summed E-state index contributed by atoms with van der Waals surface area (Å²) in [4.78, 5) is 14.9. The fourth-order valence-corrected chi connectivity index (χ4v) is 10.2. The van der Waals surface area contributed by atoms with Gasteiger partial charge in [-0.15, -0.1) is 0 Å². The predicted molar refractivity (Wildman–Crippen MR) is 150 cm³/mol. The highest BCUT2D eigenvalue weighted by molar-refractivity contribution is 5.91. The van der Waals surface area contributed by atoms with Crippen molar-refractivity contribution in [2.24, 2.45) is 35.0 Å². The number of ether oxygens (including phenoxy) is 3. The van der Waals surface area contributed by atoms with Crippen LogP contribution in [0.2, 0.25) is 0 Å². The van der Waals surface area contributed by atoms with E-state index < -0.39 is 0 Å². The lowest BCUT2D eigenvalue weighted by Gasteiger charge is -2.48. The summed E-state index contributed by atoms with van der Waals surface area (Å²) in [5, 5.41) is 0. The number of ketones is 1. The Bertz CT molecular complexity index is 987. The predicted octanol–water partition coefficient (Wildman–Crippen LogP) is 5.98. The lowest BCUT2D eigenvalue weighted by Crippen LogP contribution is -2.52. The molecule has 0 bridgehead atoms. The molecule has 0 aromatic heterocycles. The van der Waals surface area contributed by atoms with E-state index in [4.69, 9.17) is 14.2 Å². The Labute approximate surface area is 230 Å². The molecule has 1 spiro atoms. The minimum Gasteiger partial charge on any atom is -0.382 e. The summed E-state index contributed by atoms with van der Waals surface area (Å²) >= 11 is 0. The van der Waals surface area contributed by atoms with E-state index in [0.29, 0.717) is 43.0 Å². The van der Waals surface area contributed by atoms with E-state index in [0.717, 1.165) is 63.1 Å². The second-order valence-electron chi connectivity index (χ2n) is 14.1. The Hall–Kier alpha value is -1.01. The summed E-state index contributed by atoms with van der Waals surface area (Å²) in [5.41, 5.74) is 5.10. The molecule has 4 aliphatic carbocycles. The molecule has 0 aromatic rings. The summed E-state index contributed by atoms with van der Waals surface area (Å²) in [7, 11) is 1.73. The standard InChI is InChI=1S/C33H51NO4/c1-21-16-30-31(34(20-21)12-13-37-15-14-36-5)23(3)33(38-30)11-9-26-27-7-6-24-17-25(35)8-10-32(24,4)29(27)18-28(26)22(2)19-33/h17,21,23,26-27,29-31H,6-16,18-20H2,1-5H3/t21?,23-,26+,27?,29+,30-,31?,32+,33?/m1/s1. The summed E-state index contributed by atoms with van der Waals surface area (Å²) < 4.78 is 18.3. The first-order valence-electron chi connectivity index (χ1n) is 15.7. The second-order valence-corrected chi connectivity index (χ2v) is 14.1. The SMILES string of the molecule is COCCOCCN1CC(C)C[C@H]2OC3(CC[C@@H]4C(=C(C)C3)C[C@H]3C4CCC4=CC(=O)CC[C@@]43C)[C@H](C)C21. The van der Waals surface area contributed by atoms with Crippen molar-refractivity contribution in [1.29, 1.82) is 0 Å². The smallest absolute Gasteiger partial charge is 0.155 e. The van der Waals surface area contributed by atoms with Crippen LogP contribution in [0.5, 0.6) is 0 Å². The first-order valence-corrected chi connectivity index (χ1v) is 15.7. The summed E-state index contributed by atoms with van der Waals surface area (Å²) in [6, 6.07) is 0.502. The molecule has 0 amide bonds. The zero-order chi connectivity index (χ0) is 26.7. The van der Waals surface area contributed by atoms with Crippen LogP contribution in [-0.4, -0.2) is 68.4 Å². The van der Waals surface area contributed by atoms with Crippen molar-refractivity contribution in [3.05, 3.63) is 22.8 Å². The van der Waals surface area contributed by atoms with Crippen LogP contribution in [0.1, 0.15) is 85.5 Å². The van der Waals surface area contributed by atoms with Gasteiger partial charge in [-0.2, -0.15) is 0 Å². The van der Waals surface area contributed by atoms with Gasteiger partial charge in [0.25, 0.3) is 0 Å². The summed E-state index contributed by atoms with van der Waals surface area (Å²) in [5.74, 6) is 3.78. The van der Waals surface area contributed by atoms with Crippen molar-refractivity contribution in [2.45, 2.75) is 103 Å². The Kier molecular flexibility index (Phi) is 7.46. The first-order chi connectivity index (χ1) is 18.3. The van der Waals surface area contributed by atoms with E-state index in [-0.39, 0.29) is 11.0 Å². The summed E-state index contributed by atoms with van der Waals surface area (Å²) in [6.07, 6.45) is 12.6. The van der Waals surface area contributed by atoms with Crippen LogP contribution < -0.4 is 0 Å². The lowest BCUT2D eigenvalue weighted by molar-refractivity contribution is -0.116. The van der Waals surface area contributed by atoms with Crippen LogP contribution in [0.4, 0.5) is 0 Å². The monoisotopic (exact) mass is 525 g/mol. The Morgan fingerprint density at radius 3 is 2.79 bits per heavy atom. The van der Waals surface area contributed by atoms with Crippen LogP contribution in [0.25, 0.3) is 0 Å².